The van der Waals surface area contributed by atoms with Gasteiger partial charge in [-0.05, 0) is 71.0 Å². The van der Waals surface area contributed by atoms with E-state index >= 15 is 0 Å². The quantitative estimate of drug-likeness (QED) is 0.0116. The monoisotopic (exact) mass is 878 g/mol. The summed E-state index contributed by atoms with van der Waals surface area (Å²) >= 11 is 0. The van der Waals surface area contributed by atoms with Crippen molar-refractivity contribution >= 4 is 11.9 Å². The molecule has 0 aliphatic heterocycles. The first-order chi connectivity index (χ1) is 28.5. The van der Waals surface area contributed by atoms with E-state index in [1.807, 2.05) is 19.0 Å². The summed E-state index contributed by atoms with van der Waals surface area (Å²) in [6, 6.07) is 0. The highest BCUT2D eigenvalue weighted by molar-refractivity contribution is 5.78. The highest BCUT2D eigenvalue weighted by Crippen LogP contribution is 2.17. The van der Waals surface area contributed by atoms with Crippen LogP contribution in [0.2, 0.25) is 0 Å². The molecular weight excluding hydrogens is 767 g/mol. The van der Waals surface area contributed by atoms with Gasteiger partial charge in [-0.25, -0.2) is 5.84 Å². The van der Waals surface area contributed by atoms with Gasteiger partial charge >= 0.3 is 5.97 Å². The average molecular weight is 878 g/mol. The van der Waals surface area contributed by atoms with Crippen molar-refractivity contribution in [3.63, 3.8) is 0 Å². The Hall–Kier alpha value is -1.50. The fourth-order valence-electron chi connectivity index (χ4n) is 7.65. The van der Waals surface area contributed by atoms with E-state index in [-0.39, 0.29) is 25.8 Å². The lowest BCUT2D eigenvalue weighted by Crippen LogP contribution is -2.40. The van der Waals surface area contributed by atoms with Crippen molar-refractivity contribution in [1.29, 1.82) is 0 Å². The number of esters is 1. The molecule has 0 saturated heterocycles. The second-order valence-electron chi connectivity index (χ2n) is 17.3. The van der Waals surface area contributed by atoms with Crippen LogP contribution in [-0.2, 0) is 19.0 Å². The zero-order chi connectivity index (χ0) is 42.4. The zero-order valence-corrected chi connectivity index (χ0v) is 40.6. The number of carbonyl (C=O) groups excluding carboxylic acids is 1. The fraction of sp³-hybridized carbons (Fsp3) is 0.960. The first kappa shape index (κ1) is 66.1. The van der Waals surface area contributed by atoms with Crippen LogP contribution in [0.25, 0.3) is 0 Å². The van der Waals surface area contributed by atoms with Gasteiger partial charge in [-0.15, -0.1) is 0 Å². The van der Waals surface area contributed by atoms with Gasteiger partial charge in [0.15, 0.2) is 0 Å². The van der Waals surface area contributed by atoms with Crippen LogP contribution in [0.4, 0.5) is 0 Å². The lowest BCUT2D eigenvalue weighted by molar-refractivity contribution is -0.143. The maximum atomic E-state index is 12.1. The van der Waals surface area contributed by atoms with Gasteiger partial charge in [-0.1, -0.05) is 189 Å². The van der Waals surface area contributed by atoms with Crippen LogP contribution in [0, 0.1) is 0 Å². The molecule has 0 spiro atoms. The number of nitrogens with one attached hydrogen (secondary N) is 1. The van der Waals surface area contributed by atoms with Crippen LogP contribution >= 0.6 is 0 Å². The number of ether oxygens (including phenoxy) is 3. The number of nitrogens with zero attached hydrogens (tertiary/aromatic N) is 3. The summed E-state index contributed by atoms with van der Waals surface area (Å²) in [7, 11) is 3.91. The second-order valence-corrected chi connectivity index (χ2v) is 17.3. The van der Waals surface area contributed by atoms with Gasteiger partial charge < -0.3 is 35.0 Å². The molecule has 0 aliphatic rings. The maximum Gasteiger partial charge on any atom is 0.305 e. The highest BCUT2D eigenvalue weighted by Gasteiger charge is 2.10. The average Bonchev–Trinajstić information content (AvgIpc) is 3.22. The summed E-state index contributed by atoms with van der Waals surface area (Å²) in [4.78, 5) is 21.3. The minimum atomic E-state index is -0.0126. The third-order valence-electron chi connectivity index (χ3n) is 11.5. The third kappa shape index (κ3) is 49.4. The predicted octanol–water partition coefficient (Wildman–Crippen LogP) is 12.1. The second kappa shape index (κ2) is 54.6. The van der Waals surface area contributed by atoms with Crippen LogP contribution < -0.4 is 11.3 Å². The number of guanidine groups is 1. The summed E-state index contributed by atoms with van der Waals surface area (Å²) < 4.78 is 17.7. The number of hydrazine groups is 1. The molecule has 11 nitrogen and oxygen atoms in total. The summed E-state index contributed by atoms with van der Waals surface area (Å²) in [5.74, 6) is 6.35. The van der Waals surface area contributed by atoms with Crippen molar-refractivity contribution in [2.24, 2.45) is 10.8 Å². The van der Waals surface area contributed by atoms with E-state index in [4.69, 9.17) is 20.1 Å². The van der Waals surface area contributed by atoms with Gasteiger partial charge in [-0.3, -0.25) is 15.2 Å². The van der Waals surface area contributed by atoms with Crippen molar-refractivity contribution in [3.8, 4) is 0 Å². The molecular formula is C50H111N5O6. The normalized spacial score (nSPS) is 11.4. The van der Waals surface area contributed by atoms with Crippen LogP contribution in [0.3, 0.4) is 0 Å². The Kier molecular flexibility index (Phi) is 59.2. The number of aliphatic imine (C=N–C) groups is 1. The number of hydrogen-bond donors (Lipinski definition) is 2. The van der Waals surface area contributed by atoms with E-state index in [1.54, 1.807) is 0 Å². The summed E-state index contributed by atoms with van der Waals surface area (Å²) in [6.07, 6.45) is 42.4. The summed E-state index contributed by atoms with van der Waals surface area (Å²) in [5, 5.41) is 0. The van der Waals surface area contributed by atoms with Crippen molar-refractivity contribution in [3.05, 3.63) is 0 Å². The van der Waals surface area contributed by atoms with E-state index < -0.39 is 0 Å². The third-order valence-corrected chi connectivity index (χ3v) is 11.5. The minimum absolute atomic E-state index is 0. The standard InChI is InChI=1S/C49H101N5O4.CH4.2H2O.H2/c1-6-9-12-15-19-28-35-45-57-48(55)39-31-24-21-26-33-42-54(43-36-40-51-49(52-50)53(4)5)41-32-25-18-20-27-34-44-56-46-58-47(37-29-22-16-13-10-7-2)38-30-23-17-14-11-8-3;;;;/h47H,6-46,50H2,1-5H3,(H,51,52);1H4;2*1H2;1H. The molecule has 0 saturated carbocycles. The van der Waals surface area contributed by atoms with E-state index in [0.717, 1.165) is 70.8 Å². The molecule has 0 amide bonds. The molecule has 0 bridgehead atoms. The van der Waals surface area contributed by atoms with Gasteiger partial charge in [0.1, 0.15) is 6.79 Å². The molecule has 11 heteroatoms. The molecule has 0 aromatic heterocycles. The first-order valence-electron chi connectivity index (χ1n) is 25.2. The summed E-state index contributed by atoms with van der Waals surface area (Å²) in [6.45, 7) is 12.8. The molecule has 7 N–H and O–H groups in total. The highest BCUT2D eigenvalue weighted by atomic mass is 16.7. The van der Waals surface area contributed by atoms with Gasteiger partial charge in [0.2, 0.25) is 5.96 Å². The molecule has 0 aromatic rings. The molecule has 0 aromatic carbocycles. The van der Waals surface area contributed by atoms with E-state index in [0.29, 0.717) is 25.9 Å². The van der Waals surface area contributed by atoms with Crippen LogP contribution in [0.15, 0.2) is 4.99 Å². The van der Waals surface area contributed by atoms with Gasteiger partial charge in [0.25, 0.3) is 0 Å². The molecule has 0 radical (unpaired) electrons. The molecule has 61 heavy (non-hydrogen) atoms. The predicted molar refractivity (Wildman–Crippen MR) is 266 cm³/mol. The lowest BCUT2D eigenvalue weighted by atomic mass is 10.0. The van der Waals surface area contributed by atoms with Crippen molar-refractivity contribution in [2.75, 3.05) is 60.3 Å². The van der Waals surface area contributed by atoms with Crippen molar-refractivity contribution < 1.29 is 31.4 Å². The smallest absolute Gasteiger partial charge is 0.305 e. The van der Waals surface area contributed by atoms with Crippen LogP contribution in [0.5, 0.6) is 0 Å². The Balaban J connectivity index is -0.00000271. The zero-order valence-electron chi connectivity index (χ0n) is 40.6. The largest absolute Gasteiger partial charge is 0.466 e. The fourth-order valence-corrected chi connectivity index (χ4v) is 7.65. The van der Waals surface area contributed by atoms with Crippen LogP contribution in [-0.4, -0.2) is 99.1 Å². The maximum absolute atomic E-state index is 12.1. The lowest BCUT2D eigenvalue weighted by Gasteiger charge is -2.22. The Morgan fingerprint density at radius 2 is 0.984 bits per heavy atom. The number of rotatable bonds is 46. The number of hydrogen-bond acceptors (Lipinski definition) is 7. The van der Waals surface area contributed by atoms with Crippen molar-refractivity contribution in [1.82, 2.24) is 15.2 Å². The topological polar surface area (TPSA) is 165 Å². The Morgan fingerprint density at radius 3 is 1.46 bits per heavy atom. The SMILES string of the molecule is C.CCCCCCCCCOC(=O)CCCCCCCN(CCCCCCCCOCOC(CCCCCCCC)CCCCCCCC)CCCN=C(NN)N(C)C.O.O.[HH]. The molecule has 0 atom stereocenters. The molecule has 0 fully saturated rings. The van der Waals surface area contributed by atoms with Gasteiger partial charge in [0.05, 0.1) is 12.7 Å². The Labute approximate surface area is 381 Å². The number of carbonyl (C=O) groups is 1. The molecule has 372 valence electrons. The van der Waals surface area contributed by atoms with Gasteiger partial charge in [0, 0.05) is 35.1 Å². The molecule has 0 heterocycles. The molecule has 0 rings (SSSR count). The minimum Gasteiger partial charge on any atom is -0.466 e. The molecule has 0 aliphatic carbocycles. The summed E-state index contributed by atoms with van der Waals surface area (Å²) in [5.41, 5.74) is 2.70. The Morgan fingerprint density at radius 1 is 0.574 bits per heavy atom. The van der Waals surface area contributed by atoms with Crippen LogP contribution in [0.1, 0.15) is 248 Å². The first-order valence-corrected chi connectivity index (χ1v) is 25.2. The molecule has 0 unspecified atom stereocenters. The van der Waals surface area contributed by atoms with E-state index in [1.165, 1.54) is 180 Å². The van der Waals surface area contributed by atoms with Crippen molar-refractivity contribution in [2.45, 2.75) is 253 Å². The Bertz CT molecular complexity index is 860. The van der Waals surface area contributed by atoms with E-state index in [9.17, 15) is 4.79 Å². The van der Waals surface area contributed by atoms with Gasteiger partial charge in [-0.2, -0.15) is 0 Å². The van der Waals surface area contributed by atoms with E-state index in [2.05, 4.69) is 36.1 Å². The number of unbranched alkanes of at least 4 members (excludes halogenated alkanes) is 25. The number of nitrogens with two attached hydrogens (primary N) is 1.